The van der Waals surface area contributed by atoms with Crippen molar-refractivity contribution in [3.63, 3.8) is 0 Å². The quantitative estimate of drug-likeness (QED) is 0.762. The maximum atomic E-state index is 9.55. The van der Waals surface area contributed by atoms with Crippen LogP contribution in [0.3, 0.4) is 0 Å². The number of hydrogen-bond acceptors (Lipinski definition) is 3. The first-order valence-electron chi connectivity index (χ1n) is 6.13. The number of likely N-dealkylation sites (N-methyl/N-ethyl adjacent to an activating group) is 1. The summed E-state index contributed by atoms with van der Waals surface area (Å²) in [6.45, 7) is 7.88. The van der Waals surface area contributed by atoms with Crippen LogP contribution in [0.4, 0.5) is 0 Å². The van der Waals surface area contributed by atoms with Gasteiger partial charge in [0.15, 0.2) is 0 Å². The van der Waals surface area contributed by atoms with Crippen LogP contribution >= 0.6 is 11.8 Å². The first-order valence-corrected chi connectivity index (χ1v) is 7.07. The smallest absolute Gasteiger partial charge is 0.0613 e. The van der Waals surface area contributed by atoms with Gasteiger partial charge in [-0.2, -0.15) is 11.8 Å². The van der Waals surface area contributed by atoms with Gasteiger partial charge in [-0.15, -0.1) is 0 Å². The van der Waals surface area contributed by atoms with E-state index in [1.807, 2.05) is 0 Å². The Morgan fingerprint density at radius 3 is 2.80 bits per heavy atom. The third-order valence-corrected chi connectivity index (χ3v) is 4.45. The zero-order valence-corrected chi connectivity index (χ0v) is 11.1. The van der Waals surface area contributed by atoms with Gasteiger partial charge >= 0.3 is 0 Å². The summed E-state index contributed by atoms with van der Waals surface area (Å²) in [5.41, 5.74) is 0.0134. The van der Waals surface area contributed by atoms with E-state index in [0.717, 1.165) is 24.6 Å². The van der Waals surface area contributed by atoms with E-state index in [-0.39, 0.29) is 12.1 Å². The summed E-state index contributed by atoms with van der Waals surface area (Å²) in [5.74, 6) is 0. The molecule has 0 heterocycles. The second-order valence-corrected chi connectivity index (χ2v) is 6.75. The van der Waals surface area contributed by atoms with Crippen molar-refractivity contribution < 1.29 is 5.11 Å². The third kappa shape index (κ3) is 3.97. The van der Waals surface area contributed by atoms with Crippen molar-refractivity contribution in [2.75, 3.05) is 13.2 Å². The summed E-state index contributed by atoms with van der Waals surface area (Å²) in [6, 6.07) is 0. The fourth-order valence-corrected chi connectivity index (χ4v) is 4.03. The minimum Gasteiger partial charge on any atom is -0.394 e. The highest BCUT2D eigenvalue weighted by Crippen LogP contribution is 2.36. The Morgan fingerprint density at radius 1 is 1.53 bits per heavy atom. The van der Waals surface area contributed by atoms with Gasteiger partial charge in [0.2, 0.25) is 0 Å². The molecular weight excluding hydrogens is 206 g/mol. The van der Waals surface area contributed by atoms with Crippen molar-refractivity contribution >= 4 is 11.8 Å². The van der Waals surface area contributed by atoms with Gasteiger partial charge in [-0.3, -0.25) is 0 Å². The van der Waals surface area contributed by atoms with Crippen LogP contribution < -0.4 is 5.32 Å². The number of thioether (sulfide) groups is 1. The summed E-state index contributed by atoms with van der Waals surface area (Å²) in [7, 11) is 0. The van der Waals surface area contributed by atoms with E-state index in [1.54, 1.807) is 0 Å². The van der Waals surface area contributed by atoms with Crippen molar-refractivity contribution in [1.82, 2.24) is 5.32 Å². The number of aliphatic hydroxyl groups is 1. The van der Waals surface area contributed by atoms with Crippen molar-refractivity contribution in [2.45, 2.75) is 62.5 Å². The second-order valence-electron chi connectivity index (χ2n) is 4.87. The number of nitrogens with one attached hydrogen (secondary N) is 1. The van der Waals surface area contributed by atoms with Gasteiger partial charge in [0.1, 0.15) is 0 Å². The molecule has 0 aliphatic heterocycles. The van der Waals surface area contributed by atoms with Crippen LogP contribution in [0.1, 0.15) is 46.5 Å². The molecule has 90 valence electrons. The topological polar surface area (TPSA) is 32.3 Å². The minimum absolute atomic E-state index is 0.0134. The van der Waals surface area contributed by atoms with Gasteiger partial charge in [-0.1, -0.05) is 27.2 Å². The molecule has 0 aromatic rings. The SMILES string of the molecule is CCNC1(CO)CCCC(SC(C)C)C1. The van der Waals surface area contributed by atoms with E-state index < -0.39 is 0 Å². The van der Waals surface area contributed by atoms with Gasteiger partial charge in [-0.05, 0) is 31.1 Å². The van der Waals surface area contributed by atoms with Crippen molar-refractivity contribution in [3.8, 4) is 0 Å². The second kappa shape index (κ2) is 6.12. The molecule has 0 radical (unpaired) electrons. The fourth-order valence-electron chi connectivity index (χ4n) is 2.54. The van der Waals surface area contributed by atoms with Crippen molar-refractivity contribution in [1.29, 1.82) is 0 Å². The molecule has 0 aromatic heterocycles. The lowest BCUT2D eigenvalue weighted by atomic mass is 9.82. The molecule has 3 heteroatoms. The zero-order chi connectivity index (χ0) is 11.3. The van der Waals surface area contributed by atoms with Crippen LogP contribution in [-0.4, -0.2) is 34.3 Å². The molecule has 1 rings (SSSR count). The van der Waals surface area contributed by atoms with Crippen LogP contribution in [0.2, 0.25) is 0 Å². The fraction of sp³-hybridized carbons (Fsp3) is 1.00. The molecule has 0 amide bonds. The predicted molar refractivity (Wildman–Crippen MR) is 68.5 cm³/mol. The number of aliphatic hydroxyl groups excluding tert-OH is 1. The molecule has 1 aliphatic carbocycles. The molecule has 1 aliphatic rings. The lowest BCUT2D eigenvalue weighted by molar-refractivity contribution is 0.125. The maximum Gasteiger partial charge on any atom is 0.0613 e. The molecule has 2 nitrogen and oxygen atoms in total. The number of rotatable bonds is 5. The average Bonchev–Trinajstić information content (AvgIpc) is 2.17. The van der Waals surface area contributed by atoms with Gasteiger partial charge in [0, 0.05) is 10.8 Å². The van der Waals surface area contributed by atoms with E-state index in [4.69, 9.17) is 0 Å². The Kier molecular flexibility index (Phi) is 5.44. The maximum absolute atomic E-state index is 9.55. The van der Waals surface area contributed by atoms with Crippen LogP contribution in [-0.2, 0) is 0 Å². The minimum atomic E-state index is 0.0134. The van der Waals surface area contributed by atoms with E-state index in [2.05, 4.69) is 37.8 Å². The summed E-state index contributed by atoms with van der Waals surface area (Å²) in [4.78, 5) is 0. The summed E-state index contributed by atoms with van der Waals surface area (Å²) < 4.78 is 0. The van der Waals surface area contributed by atoms with E-state index in [1.165, 1.54) is 12.8 Å². The van der Waals surface area contributed by atoms with E-state index >= 15 is 0 Å². The average molecular weight is 231 g/mol. The van der Waals surface area contributed by atoms with Crippen LogP contribution in [0, 0.1) is 0 Å². The molecular formula is C12H25NOS. The molecule has 15 heavy (non-hydrogen) atoms. The molecule has 2 atom stereocenters. The number of hydrogen-bond donors (Lipinski definition) is 2. The molecule has 1 fully saturated rings. The van der Waals surface area contributed by atoms with Crippen molar-refractivity contribution in [2.24, 2.45) is 0 Å². The zero-order valence-electron chi connectivity index (χ0n) is 10.3. The molecule has 0 saturated heterocycles. The van der Waals surface area contributed by atoms with E-state index in [9.17, 15) is 5.11 Å². The Hall–Kier alpha value is 0.270. The van der Waals surface area contributed by atoms with Gasteiger partial charge in [0.25, 0.3) is 0 Å². The van der Waals surface area contributed by atoms with Crippen LogP contribution in [0.5, 0.6) is 0 Å². The Morgan fingerprint density at radius 2 is 2.27 bits per heavy atom. The van der Waals surface area contributed by atoms with Gasteiger partial charge < -0.3 is 10.4 Å². The highest BCUT2D eigenvalue weighted by molar-refractivity contribution is 8.00. The Balaban J connectivity index is 2.51. The lowest BCUT2D eigenvalue weighted by Gasteiger charge is -2.40. The molecule has 0 spiro atoms. The monoisotopic (exact) mass is 231 g/mol. The van der Waals surface area contributed by atoms with Gasteiger partial charge in [0.05, 0.1) is 6.61 Å². The Labute approximate surface area is 98.2 Å². The highest BCUT2D eigenvalue weighted by Gasteiger charge is 2.35. The van der Waals surface area contributed by atoms with Crippen molar-refractivity contribution in [3.05, 3.63) is 0 Å². The first-order chi connectivity index (χ1) is 7.12. The molecule has 2 unspecified atom stereocenters. The standard InChI is InChI=1S/C12H25NOS/c1-4-13-12(9-14)7-5-6-11(8-12)15-10(2)3/h10-11,13-14H,4-9H2,1-3H3. The third-order valence-electron chi connectivity index (χ3n) is 3.12. The molecule has 2 N–H and O–H groups in total. The largest absolute Gasteiger partial charge is 0.394 e. The molecule has 1 saturated carbocycles. The molecule has 0 aromatic carbocycles. The Bertz CT molecular complexity index is 182. The first kappa shape index (κ1) is 13.3. The summed E-state index contributed by atoms with van der Waals surface area (Å²) in [6.07, 6.45) is 4.82. The van der Waals surface area contributed by atoms with Crippen LogP contribution in [0.25, 0.3) is 0 Å². The van der Waals surface area contributed by atoms with Crippen LogP contribution in [0.15, 0.2) is 0 Å². The highest BCUT2D eigenvalue weighted by atomic mass is 32.2. The van der Waals surface area contributed by atoms with Gasteiger partial charge in [-0.25, -0.2) is 0 Å². The normalized spacial score (nSPS) is 32.2. The predicted octanol–water partition coefficient (Wildman–Crippen LogP) is 2.41. The summed E-state index contributed by atoms with van der Waals surface area (Å²) >= 11 is 2.07. The lowest BCUT2D eigenvalue weighted by Crippen LogP contribution is -2.52. The van der Waals surface area contributed by atoms with E-state index in [0.29, 0.717) is 5.25 Å². The molecule has 0 bridgehead atoms. The summed E-state index contributed by atoms with van der Waals surface area (Å²) in [5, 5.41) is 14.5.